The molecule has 0 saturated heterocycles. The van der Waals surface area contributed by atoms with E-state index in [1.165, 1.54) is 11.0 Å². The average molecular weight is 555 g/mol. The molecule has 7 heteroatoms. The van der Waals surface area contributed by atoms with Gasteiger partial charge >= 0.3 is 0 Å². The fourth-order valence-electron chi connectivity index (χ4n) is 3.81. The molecule has 3 aromatic carbocycles. The Bertz CT molecular complexity index is 1160. The van der Waals surface area contributed by atoms with E-state index in [0.29, 0.717) is 24.3 Å². The highest BCUT2D eigenvalue weighted by Crippen LogP contribution is 2.22. The molecule has 0 radical (unpaired) electrons. The van der Waals surface area contributed by atoms with Crippen molar-refractivity contribution in [2.24, 2.45) is 0 Å². The molecule has 5 nitrogen and oxygen atoms in total. The number of aryl methyl sites for hydroxylation is 1. The Labute approximate surface area is 220 Å². The third-order valence-electron chi connectivity index (χ3n) is 5.89. The van der Waals surface area contributed by atoms with E-state index < -0.39 is 17.8 Å². The van der Waals surface area contributed by atoms with Crippen molar-refractivity contribution in [2.75, 3.05) is 13.2 Å². The summed E-state index contributed by atoms with van der Waals surface area (Å²) in [6.45, 7) is 4.16. The van der Waals surface area contributed by atoms with Crippen molar-refractivity contribution in [1.29, 1.82) is 0 Å². The van der Waals surface area contributed by atoms with Crippen LogP contribution in [0.4, 0.5) is 4.39 Å². The summed E-state index contributed by atoms with van der Waals surface area (Å²) in [6.07, 6.45) is 2.06. The minimum Gasteiger partial charge on any atom is -0.484 e. The van der Waals surface area contributed by atoms with Gasteiger partial charge < -0.3 is 15.0 Å². The van der Waals surface area contributed by atoms with Gasteiger partial charge in [0.1, 0.15) is 17.6 Å². The maximum Gasteiger partial charge on any atom is 0.261 e. The van der Waals surface area contributed by atoms with Crippen LogP contribution in [0, 0.1) is 12.7 Å². The Morgan fingerprint density at radius 3 is 2.47 bits per heavy atom. The van der Waals surface area contributed by atoms with Crippen LogP contribution in [0.25, 0.3) is 0 Å². The topological polar surface area (TPSA) is 58.6 Å². The van der Waals surface area contributed by atoms with Crippen LogP contribution in [0.2, 0.25) is 0 Å². The molecule has 36 heavy (non-hydrogen) atoms. The van der Waals surface area contributed by atoms with Crippen LogP contribution in [-0.4, -0.2) is 35.9 Å². The smallest absolute Gasteiger partial charge is 0.261 e. The Kier molecular flexibility index (Phi) is 10.5. The number of carbonyl (C=O) groups is 2. The molecule has 0 aromatic heterocycles. The van der Waals surface area contributed by atoms with Crippen LogP contribution in [0.1, 0.15) is 36.5 Å². The van der Waals surface area contributed by atoms with E-state index in [0.717, 1.165) is 28.4 Å². The molecule has 0 unspecified atom stereocenters. The fourth-order valence-corrected chi connectivity index (χ4v) is 4.05. The van der Waals surface area contributed by atoms with Crippen LogP contribution in [-0.2, 0) is 22.6 Å². The van der Waals surface area contributed by atoms with Gasteiger partial charge in [-0.15, -0.1) is 0 Å². The molecule has 0 fully saturated rings. The third-order valence-corrected chi connectivity index (χ3v) is 6.78. The van der Waals surface area contributed by atoms with Gasteiger partial charge in [0.15, 0.2) is 6.61 Å². The van der Waals surface area contributed by atoms with Gasteiger partial charge in [0, 0.05) is 29.5 Å². The van der Waals surface area contributed by atoms with Crippen LogP contribution in [0.3, 0.4) is 0 Å². The Morgan fingerprint density at radius 1 is 1.06 bits per heavy atom. The third kappa shape index (κ3) is 7.92. The van der Waals surface area contributed by atoms with Crippen molar-refractivity contribution in [2.45, 2.75) is 45.7 Å². The molecular formula is C29H32BrFN2O3. The molecule has 0 aliphatic carbocycles. The molecule has 3 aromatic rings. The van der Waals surface area contributed by atoms with Crippen molar-refractivity contribution in [3.8, 4) is 5.75 Å². The lowest BCUT2D eigenvalue weighted by molar-refractivity contribution is -0.142. The lowest BCUT2D eigenvalue weighted by atomic mass is 10.0. The zero-order valence-corrected chi connectivity index (χ0v) is 22.3. The van der Waals surface area contributed by atoms with Gasteiger partial charge in [0.2, 0.25) is 5.91 Å². The zero-order valence-electron chi connectivity index (χ0n) is 20.7. The molecule has 3 rings (SSSR count). The first-order valence-electron chi connectivity index (χ1n) is 12.1. The molecule has 1 N–H and O–H groups in total. The van der Waals surface area contributed by atoms with Crippen LogP contribution in [0.15, 0.2) is 77.3 Å². The Morgan fingerprint density at radius 2 is 1.78 bits per heavy atom. The van der Waals surface area contributed by atoms with E-state index >= 15 is 0 Å². The van der Waals surface area contributed by atoms with Crippen molar-refractivity contribution in [3.05, 3.63) is 99.8 Å². The molecule has 190 valence electrons. The molecular weight excluding hydrogens is 523 g/mol. The van der Waals surface area contributed by atoms with Crippen LogP contribution < -0.4 is 10.1 Å². The van der Waals surface area contributed by atoms with E-state index in [9.17, 15) is 14.0 Å². The standard InChI is InChI=1S/C29H32BrFN2O3/c1-3-4-16-32-29(35)27(18-22-10-6-5-7-11-22)33(19-23-12-8-9-13-26(23)31)28(34)20-36-24-14-15-25(30)21(2)17-24/h5-15,17,27H,3-4,16,18-20H2,1-2H3,(H,32,35)/t27-/m1/s1. The summed E-state index contributed by atoms with van der Waals surface area (Å²) in [5, 5.41) is 2.95. The number of amides is 2. The number of rotatable bonds is 12. The highest BCUT2D eigenvalue weighted by molar-refractivity contribution is 9.10. The van der Waals surface area contributed by atoms with Gasteiger partial charge in [-0.25, -0.2) is 4.39 Å². The summed E-state index contributed by atoms with van der Waals surface area (Å²) in [5.41, 5.74) is 2.22. The highest BCUT2D eigenvalue weighted by atomic mass is 79.9. The summed E-state index contributed by atoms with van der Waals surface area (Å²) < 4.78 is 21.3. The Balaban J connectivity index is 1.89. The summed E-state index contributed by atoms with van der Waals surface area (Å²) >= 11 is 3.46. The van der Waals surface area contributed by atoms with Gasteiger partial charge in [-0.2, -0.15) is 0 Å². The number of carbonyl (C=O) groups excluding carboxylic acids is 2. The average Bonchev–Trinajstić information content (AvgIpc) is 2.88. The monoisotopic (exact) mass is 554 g/mol. The molecule has 0 bridgehead atoms. The summed E-state index contributed by atoms with van der Waals surface area (Å²) in [6, 6.07) is 20.4. The first-order chi connectivity index (χ1) is 17.4. The molecule has 2 amide bonds. The van der Waals surface area contributed by atoms with Crippen molar-refractivity contribution < 1.29 is 18.7 Å². The summed E-state index contributed by atoms with van der Waals surface area (Å²) in [4.78, 5) is 28.3. The number of nitrogens with zero attached hydrogens (tertiary/aromatic N) is 1. The molecule has 0 aliphatic rings. The highest BCUT2D eigenvalue weighted by Gasteiger charge is 2.31. The lowest BCUT2D eigenvalue weighted by Crippen LogP contribution is -2.52. The van der Waals surface area contributed by atoms with Crippen molar-refractivity contribution in [1.82, 2.24) is 10.2 Å². The van der Waals surface area contributed by atoms with E-state index in [1.807, 2.05) is 56.3 Å². The normalized spacial score (nSPS) is 11.6. The van der Waals surface area contributed by atoms with Gasteiger partial charge in [0.05, 0.1) is 0 Å². The van der Waals surface area contributed by atoms with Crippen LogP contribution in [0.5, 0.6) is 5.75 Å². The van der Waals surface area contributed by atoms with Gasteiger partial charge in [-0.1, -0.05) is 77.8 Å². The molecule has 0 spiro atoms. The van der Waals surface area contributed by atoms with E-state index in [4.69, 9.17) is 4.74 Å². The first-order valence-corrected chi connectivity index (χ1v) is 12.9. The van der Waals surface area contributed by atoms with Gasteiger partial charge in [0.25, 0.3) is 5.91 Å². The predicted molar refractivity (Wildman–Crippen MR) is 143 cm³/mol. The van der Waals surface area contributed by atoms with Crippen LogP contribution >= 0.6 is 15.9 Å². The second-order valence-corrected chi connectivity index (χ2v) is 9.52. The largest absolute Gasteiger partial charge is 0.484 e. The number of nitrogens with one attached hydrogen (secondary N) is 1. The minimum absolute atomic E-state index is 0.0487. The minimum atomic E-state index is -0.827. The van der Waals surface area contributed by atoms with E-state index in [2.05, 4.69) is 21.2 Å². The molecule has 0 saturated carbocycles. The quantitative estimate of drug-likeness (QED) is 0.286. The second kappa shape index (κ2) is 13.8. The zero-order chi connectivity index (χ0) is 25.9. The second-order valence-electron chi connectivity index (χ2n) is 8.66. The van der Waals surface area contributed by atoms with Crippen molar-refractivity contribution >= 4 is 27.7 Å². The van der Waals surface area contributed by atoms with E-state index in [1.54, 1.807) is 24.3 Å². The molecule has 1 atom stereocenters. The number of hydrogen-bond donors (Lipinski definition) is 1. The first kappa shape index (κ1) is 27.4. The maximum absolute atomic E-state index is 14.6. The lowest BCUT2D eigenvalue weighted by Gasteiger charge is -2.31. The SMILES string of the molecule is CCCCNC(=O)[C@@H](Cc1ccccc1)N(Cc1ccccc1F)C(=O)COc1ccc(Br)c(C)c1. The van der Waals surface area contributed by atoms with E-state index in [-0.39, 0.29) is 19.1 Å². The number of benzene rings is 3. The Hall–Kier alpha value is -3.19. The summed E-state index contributed by atoms with van der Waals surface area (Å²) in [5.74, 6) is -0.548. The molecule has 0 heterocycles. The van der Waals surface area contributed by atoms with Gasteiger partial charge in [-0.05, 0) is 48.7 Å². The van der Waals surface area contributed by atoms with Crippen molar-refractivity contribution in [3.63, 3.8) is 0 Å². The number of halogens is 2. The maximum atomic E-state index is 14.6. The number of ether oxygens (including phenoxy) is 1. The number of hydrogen-bond acceptors (Lipinski definition) is 3. The molecule has 0 aliphatic heterocycles. The predicted octanol–water partition coefficient (Wildman–Crippen LogP) is 5.83. The van der Waals surface area contributed by atoms with Gasteiger partial charge in [-0.3, -0.25) is 9.59 Å². The number of unbranched alkanes of at least 4 members (excludes halogenated alkanes) is 1. The fraction of sp³-hybridized carbons (Fsp3) is 0.310. The summed E-state index contributed by atoms with van der Waals surface area (Å²) in [7, 11) is 0.